The number of phenolic OH excluding ortho intramolecular Hbond substituents is 1. The molecule has 0 fully saturated rings. The van der Waals surface area contributed by atoms with Gasteiger partial charge >= 0.3 is 0 Å². The molecule has 0 atom stereocenters. The number of phenols is 1. The number of nitrogens with zero attached hydrogens (tertiary/aromatic N) is 4. The standard InChI is InChI=1S/C73H62N4O2/c1-71(2,3)53-33-35-63(57(41-53)48-24-17-12-18-25-48)77-64-27-19-26-55(66(64)76-70(77)60-42-54(72(4,5)6)43-61(67(60)78)73(7,8)9)52-38-58-56-34-32-51(44-74)65(49-30-28-47(29-31-49)45-20-13-10-14-21-45)69(56)79-68(58)59(39-52)62-40-50(36-37-75-62)46-22-15-11-16-23-46/h10-43,78H,1-9H3. The first-order valence-corrected chi connectivity index (χ1v) is 27.2. The van der Waals surface area contributed by atoms with E-state index in [1.54, 1.807) is 0 Å². The first kappa shape index (κ1) is 50.5. The van der Waals surface area contributed by atoms with Gasteiger partial charge in [-0.1, -0.05) is 202 Å². The van der Waals surface area contributed by atoms with Crippen LogP contribution in [-0.4, -0.2) is 19.6 Å². The second-order valence-corrected chi connectivity index (χ2v) is 23.9. The summed E-state index contributed by atoms with van der Waals surface area (Å²) in [6.45, 7) is 19.9. The number of hydrogen-bond acceptors (Lipinski definition) is 5. The molecule has 0 radical (unpaired) electrons. The van der Waals surface area contributed by atoms with Gasteiger partial charge in [0.1, 0.15) is 22.7 Å². The minimum atomic E-state index is -0.379. The molecule has 3 aromatic heterocycles. The molecular formula is C73H62N4O2. The lowest BCUT2D eigenvalue weighted by Gasteiger charge is -2.28. The summed E-state index contributed by atoms with van der Waals surface area (Å²) in [5.74, 6) is 0.850. The van der Waals surface area contributed by atoms with Gasteiger partial charge < -0.3 is 9.52 Å². The topological polar surface area (TPSA) is 87.9 Å². The summed E-state index contributed by atoms with van der Waals surface area (Å²) in [5.41, 5.74) is 18.9. The van der Waals surface area contributed by atoms with Crippen molar-refractivity contribution in [3.63, 3.8) is 0 Å². The van der Waals surface area contributed by atoms with Crippen LogP contribution in [0.5, 0.6) is 5.75 Å². The Morgan fingerprint density at radius 2 is 1.09 bits per heavy atom. The van der Waals surface area contributed by atoms with Gasteiger partial charge in [-0.3, -0.25) is 9.55 Å². The van der Waals surface area contributed by atoms with Crippen molar-refractivity contribution < 1.29 is 9.52 Å². The average Bonchev–Trinajstić information content (AvgIpc) is 4.26. The van der Waals surface area contributed by atoms with Crippen molar-refractivity contribution in [3.05, 3.63) is 229 Å². The highest BCUT2D eigenvalue weighted by atomic mass is 16.3. The van der Waals surface area contributed by atoms with Crippen LogP contribution in [0.25, 0.3) is 117 Å². The van der Waals surface area contributed by atoms with Crippen LogP contribution in [0.3, 0.4) is 0 Å². The fourth-order valence-corrected chi connectivity index (χ4v) is 11.1. The number of imidazole rings is 1. The number of fused-ring (bicyclic) bond motifs is 4. The van der Waals surface area contributed by atoms with E-state index in [0.717, 1.165) is 106 Å². The Hall–Kier alpha value is -9.31. The SMILES string of the molecule is CC(C)(C)c1ccc(-n2c(-c3cc(C(C)(C)C)cc(C(C)(C)C)c3O)nc3c(-c4cc(-c5cc(-c6ccccc6)ccn5)c5oc6c(-c7ccc(-c8ccccc8)cc7)c(C#N)ccc6c5c4)cccc32)c(-c2ccccc2)c1. The fraction of sp³-hybridized carbons (Fsp3) is 0.164. The summed E-state index contributed by atoms with van der Waals surface area (Å²) in [7, 11) is 0. The molecule has 0 spiro atoms. The van der Waals surface area contributed by atoms with E-state index >= 15 is 0 Å². The molecule has 79 heavy (non-hydrogen) atoms. The van der Waals surface area contributed by atoms with Crippen molar-refractivity contribution in [3.8, 4) is 95.8 Å². The zero-order valence-corrected chi connectivity index (χ0v) is 46.3. The Bertz CT molecular complexity index is 4350. The van der Waals surface area contributed by atoms with Gasteiger partial charge in [-0.15, -0.1) is 0 Å². The number of furan rings is 1. The number of hydrogen-bond donors (Lipinski definition) is 1. The van der Waals surface area contributed by atoms with E-state index in [4.69, 9.17) is 14.4 Å². The molecule has 12 rings (SSSR count). The predicted octanol–water partition coefficient (Wildman–Crippen LogP) is 19.5. The van der Waals surface area contributed by atoms with Crippen LogP contribution >= 0.6 is 0 Å². The minimum absolute atomic E-state index is 0.122. The number of nitriles is 1. The number of rotatable bonds is 8. The molecule has 6 nitrogen and oxygen atoms in total. The summed E-state index contributed by atoms with van der Waals surface area (Å²) < 4.78 is 9.45. The second-order valence-electron chi connectivity index (χ2n) is 23.9. The molecule has 0 aliphatic rings. The Morgan fingerprint density at radius 1 is 0.468 bits per heavy atom. The monoisotopic (exact) mass is 1030 g/mol. The number of aromatic hydroxyl groups is 1. The van der Waals surface area contributed by atoms with Gasteiger partial charge in [-0.05, 0) is 127 Å². The molecule has 0 bridgehead atoms. The van der Waals surface area contributed by atoms with Crippen molar-refractivity contribution >= 4 is 33.0 Å². The smallest absolute Gasteiger partial charge is 0.149 e. The molecule has 0 amide bonds. The summed E-state index contributed by atoms with van der Waals surface area (Å²) in [6.07, 6.45) is 1.86. The maximum Gasteiger partial charge on any atom is 0.149 e. The summed E-state index contributed by atoms with van der Waals surface area (Å²) >= 11 is 0. The third kappa shape index (κ3) is 9.15. The van der Waals surface area contributed by atoms with Crippen molar-refractivity contribution in [1.29, 1.82) is 5.26 Å². The van der Waals surface area contributed by atoms with Gasteiger partial charge in [0, 0.05) is 44.8 Å². The van der Waals surface area contributed by atoms with Crippen LogP contribution in [0.15, 0.2) is 211 Å². The fourth-order valence-electron chi connectivity index (χ4n) is 11.1. The number of benzene rings is 9. The Balaban J connectivity index is 1.17. The first-order chi connectivity index (χ1) is 37.9. The van der Waals surface area contributed by atoms with E-state index in [1.165, 1.54) is 5.56 Å². The maximum atomic E-state index is 12.8. The molecule has 0 aliphatic carbocycles. The third-order valence-electron chi connectivity index (χ3n) is 15.5. The zero-order valence-electron chi connectivity index (χ0n) is 46.3. The molecular weight excluding hydrogens is 965 g/mol. The molecule has 0 saturated carbocycles. The van der Waals surface area contributed by atoms with Crippen LogP contribution in [0.2, 0.25) is 0 Å². The van der Waals surface area contributed by atoms with Crippen LogP contribution in [0.1, 0.15) is 84.6 Å². The maximum absolute atomic E-state index is 12.8. The lowest BCUT2D eigenvalue weighted by Crippen LogP contribution is -2.17. The van der Waals surface area contributed by atoms with Gasteiger partial charge in [-0.2, -0.15) is 5.26 Å². The number of pyridine rings is 1. The minimum Gasteiger partial charge on any atom is -0.507 e. The lowest BCUT2D eigenvalue weighted by atomic mass is 9.79. The van der Waals surface area contributed by atoms with E-state index in [2.05, 4.69) is 219 Å². The number of aromatic nitrogens is 3. The van der Waals surface area contributed by atoms with Gasteiger partial charge in [0.15, 0.2) is 0 Å². The van der Waals surface area contributed by atoms with Crippen LogP contribution in [0, 0.1) is 11.3 Å². The second kappa shape index (κ2) is 19.3. The van der Waals surface area contributed by atoms with Crippen molar-refractivity contribution in [2.75, 3.05) is 0 Å². The van der Waals surface area contributed by atoms with Crippen LogP contribution < -0.4 is 0 Å². The largest absolute Gasteiger partial charge is 0.507 e. The average molecular weight is 1030 g/mol. The molecule has 386 valence electrons. The van der Waals surface area contributed by atoms with Crippen molar-refractivity contribution in [2.45, 2.75) is 78.6 Å². The summed E-state index contributed by atoms with van der Waals surface area (Å²) in [4.78, 5) is 10.8. The van der Waals surface area contributed by atoms with E-state index in [0.29, 0.717) is 28.1 Å². The first-order valence-electron chi connectivity index (χ1n) is 27.2. The molecule has 1 N–H and O–H groups in total. The molecule has 9 aromatic carbocycles. The molecule has 3 heterocycles. The lowest BCUT2D eigenvalue weighted by molar-refractivity contribution is 0.446. The predicted molar refractivity (Wildman–Crippen MR) is 327 cm³/mol. The van der Waals surface area contributed by atoms with Crippen LogP contribution in [-0.2, 0) is 16.2 Å². The van der Waals surface area contributed by atoms with E-state index < -0.39 is 0 Å². The normalized spacial score (nSPS) is 12.2. The summed E-state index contributed by atoms with van der Waals surface area (Å²) in [6, 6.07) is 72.0. The van der Waals surface area contributed by atoms with Crippen molar-refractivity contribution in [2.24, 2.45) is 0 Å². The van der Waals surface area contributed by atoms with E-state index in [9.17, 15) is 10.4 Å². The Kier molecular flexibility index (Phi) is 12.3. The van der Waals surface area contributed by atoms with E-state index in [1.807, 2.05) is 60.8 Å². The van der Waals surface area contributed by atoms with Gasteiger partial charge in [0.2, 0.25) is 0 Å². The highest BCUT2D eigenvalue weighted by molar-refractivity contribution is 6.16. The van der Waals surface area contributed by atoms with Crippen LogP contribution in [0.4, 0.5) is 0 Å². The third-order valence-corrected chi connectivity index (χ3v) is 15.5. The zero-order chi connectivity index (χ0) is 55.0. The Labute approximate surface area is 463 Å². The molecule has 6 heteroatoms. The Morgan fingerprint density at radius 3 is 1.73 bits per heavy atom. The van der Waals surface area contributed by atoms with Gasteiger partial charge in [0.05, 0.1) is 39.6 Å². The molecule has 0 unspecified atom stereocenters. The molecule has 0 aliphatic heterocycles. The summed E-state index contributed by atoms with van der Waals surface area (Å²) in [5, 5.41) is 25.3. The highest BCUT2D eigenvalue weighted by Gasteiger charge is 2.30. The molecule has 12 aromatic rings. The van der Waals surface area contributed by atoms with Gasteiger partial charge in [-0.25, -0.2) is 4.98 Å². The quantitative estimate of drug-likeness (QED) is 0.164. The number of para-hydroxylation sites is 1. The highest BCUT2D eigenvalue weighted by Crippen LogP contribution is 2.48. The van der Waals surface area contributed by atoms with Gasteiger partial charge in [0.25, 0.3) is 0 Å². The van der Waals surface area contributed by atoms with Crippen molar-refractivity contribution in [1.82, 2.24) is 14.5 Å². The molecule has 0 saturated heterocycles. The van der Waals surface area contributed by atoms with E-state index in [-0.39, 0.29) is 22.0 Å².